The molecule has 1 fully saturated rings. The molecule has 1 aliphatic heterocycles. The zero-order valence-electron chi connectivity index (χ0n) is 15.7. The Kier molecular flexibility index (Phi) is 6.34. The Bertz CT molecular complexity index is 795. The van der Waals surface area contributed by atoms with Crippen molar-refractivity contribution in [2.75, 3.05) is 19.7 Å². The average molecular weight is 389 g/mol. The largest absolute Gasteiger partial charge is 0.494 e. The van der Waals surface area contributed by atoms with E-state index in [1.807, 2.05) is 50.4 Å². The van der Waals surface area contributed by atoms with E-state index in [2.05, 4.69) is 9.88 Å². The van der Waals surface area contributed by atoms with Crippen molar-refractivity contribution in [1.29, 1.82) is 0 Å². The van der Waals surface area contributed by atoms with E-state index in [0.29, 0.717) is 24.6 Å². The number of halogens is 1. The van der Waals surface area contributed by atoms with Crippen LogP contribution in [0.1, 0.15) is 42.6 Å². The highest BCUT2D eigenvalue weighted by Crippen LogP contribution is 2.38. The van der Waals surface area contributed by atoms with Gasteiger partial charge in [0.05, 0.1) is 24.3 Å². The van der Waals surface area contributed by atoms with Crippen molar-refractivity contribution in [3.63, 3.8) is 0 Å². The summed E-state index contributed by atoms with van der Waals surface area (Å²) in [6.45, 7) is 5.77. The molecule has 3 rings (SSSR count). The summed E-state index contributed by atoms with van der Waals surface area (Å²) in [5.41, 5.74) is 2.87. The van der Waals surface area contributed by atoms with Crippen LogP contribution in [0.4, 0.5) is 0 Å². The zero-order valence-corrected chi connectivity index (χ0v) is 16.4. The van der Waals surface area contributed by atoms with Gasteiger partial charge in [0.15, 0.2) is 0 Å². The second-order valence-corrected chi connectivity index (χ2v) is 7.39. The number of hydrogen-bond donors (Lipinski definition) is 1. The number of rotatable bonds is 6. The Morgan fingerprint density at radius 3 is 2.89 bits per heavy atom. The van der Waals surface area contributed by atoms with E-state index in [-0.39, 0.29) is 12.0 Å². The number of aromatic nitrogens is 1. The first-order chi connectivity index (χ1) is 13.0. The molecule has 0 saturated carbocycles. The van der Waals surface area contributed by atoms with E-state index >= 15 is 0 Å². The molecule has 144 valence electrons. The van der Waals surface area contributed by atoms with Gasteiger partial charge >= 0.3 is 5.97 Å². The van der Waals surface area contributed by atoms with Gasteiger partial charge in [-0.1, -0.05) is 17.7 Å². The number of ether oxygens (including phenoxy) is 1. The topological polar surface area (TPSA) is 62.7 Å². The molecule has 1 saturated heterocycles. The van der Waals surface area contributed by atoms with E-state index in [9.17, 15) is 9.90 Å². The van der Waals surface area contributed by atoms with Crippen LogP contribution in [-0.4, -0.2) is 40.7 Å². The third kappa shape index (κ3) is 4.60. The maximum Gasteiger partial charge on any atom is 0.307 e. The molecule has 1 aliphatic rings. The Balaban J connectivity index is 2.07. The fourth-order valence-electron chi connectivity index (χ4n) is 3.65. The van der Waals surface area contributed by atoms with Gasteiger partial charge < -0.3 is 9.84 Å². The highest BCUT2D eigenvalue weighted by Gasteiger charge is 2.33. The number of pyridine rings is 1. The van der Waals surface area contributed by atoms with Crippen LogP contribution < -0.4 is 4.74 Å². The van der Waals surface area contributed by atoms with Gasteiger partial charge in [0.2, 0.25) is 0 Å². The predicted octanol–water partition coefficient (Wildman–Crippen LogP) is 4.33. The van der Waals surface area contributed by atoms with Gasteiger partial charge in [-0.15, -0.1) is 0 Å². The van der Waals surface area contributed by atoms with Crippen molar-refractivity contribution >= 4 is 17.6 Å². The van der Waals surface area contributed by atoms with Crippen molar-refractivity contribution in [1.82, 2.24) is 9.88 Å². The fourth-order valence-corrected chi connectivity index (χ4v) is 3.83. The molecule has 0 aliphatic carbocycles. The lowest BCUT2D eigenvalue weighted by Gasteiger charge is -2.37. The number of aryl methyl sites for hydroxylation is 1. The number of likely N-dealkylation sites (tertiary alicyclic amines) is 1. The standard InChI is InChI=1S/C21H25ClN2O3/c1-3-27-19-9-7-16(22)11-17(19)20(18-8-6-14(2)12-23-18)24-10-4-5-15(13-24)21(25)26/h6-9,11-12,15,20H,3-5,10,13H2,1-2H3,(H,25,26). The summed E-state index contributed by atoms with van der Waals surface area (Å²) in [5.74, 6) is -0.361. The Morgan fingerprint density at radius 1 is 1.41 bits per heavy atom. The highest BCUT2D eigenvalue weighted by atomic mass is 35.5. The molecule has 1 aromatic heterocycles. The van der Waals surface area contributed by atoms with Crippen LogP contribution in [0, 0.1) is 12.8 Å². The lowest BCUT2D eigenvalue weighted by Crippen LogP contribution is -2.41. The molecule has 2 aromatic rings. The quantitative estimate of drug-likeness (QED) is 0.798. The summed E-state index contributed by atoms with van der Waals surface area (Å²) in [6.07, 6.45) is 3.38. The van der Waals surface area contributed by atoms with Gasteiger partial charge in [0.25, 0.3) is 0 Å². The molecule has 0 spiro atoms. The SMILES string of the molecule is CCOc1ccc(Cl)cc1C(c1ccc(C)cn1)N1CCCC(C(=O)O)C1. The number of carboxylic acids is 1. The van der Waals surface area contributed by atoms with Crippen LogP contribution in [0.25, 0.3) is 0 Å². The van der Waals surface area contributed by atoms with Gasteiger partial charge in [-0.3, -0.25) is 14.7 Å². The number of aliphatic carboxylic acids is 1. The van der Waals surface area contributed by atoms with Gasteiger partial charge in [-0.05, 0) is 63.1 Å². The first-order valence-electron chi connectivity index (χ1n) is 9.31. The van der Waals surface area contributed by atoms with E-state index < -0.39 is 5.97 Å². The normalized spacial score (nSPS) is 18.9. The van der Waals surface area contributed by atoms with Crippen LogP contribution in [0.2, 0.25) is 5.02 Å². The van der Waals surface area contributed by atoms with Crippen molar-refractivity contribution in [3.8, 4) is 5.75 Å². The van der Waals surface area contributed by atoms with E-state index in [1.54, 1.807) is 0 Å². The summed E-state index contributed by atoms with van der Waals surface area (Å²) in [6, 6.07) is 9.42. The van der Waals surface area contributed by atoms with Gasteiger partial charge in [0.1, 0.15) is 5.75 Å². The van der Waals surface area contributed by atoms with E-state index in [4.69, 9.17) is 16.3 Å². The molecule has 0 amide bonds. The maximum absolute atomic E-state index is 11.6. The monoisotopic (exact) mass is 388 g/mol. The summed E-state index contributed by atoms with van der Waals surface area (Å²) < 4.78 is 5.85. The molecule has 5 nitrogen and oxygen atoms in total. The number of nitrogens with zero attached hydrogens (tertiary/aromatic N) is 2. The molecule has 0 radical (unpaired) electrons. The second kappa shape index (κ2) is 8.72. The first kappa shape index (κ1) is 19.6. The number of hydrogen-bond acceptors (Lipinski definition) is 4. The van der Waals surface area contributed by atoms with Crippen molar-refractivity contribution in [2.24, 2.45) is 5.92 Å². The Morgan fingerprint density at radius 2 is 2.22 bits per heavy atom. The third-order valence-corrected chi connectivity index (χ3v) is 5.18. The van der Waals surface area contributed by atoms with Crippen molar-refractivity contribution in [3.05, 3.63) is 58.4 Å². The van der Waals surface area contributed by atoms with Crippen LogP contribution in [0.5, 0.6) is 5.75 Å². The number of benzene rings is 1. The van der Waals surface area contributed by atoms with Crippen molar-refractivity contribution in [2.45, 2.75) is 32.7 Å². The van der Waals surface area contributed by atoms with E-state index in [0.717, 1.165) is 35.5 Å². The van der Waals surface area contributed by atoms with Gasteiger partial charge in [-0.25, -0.2) is 0 Å². The molecular weight excluding hydrogens is 364 g/mol. The first-order valence-corrected chi connectivity index (χ1v) is 9.69. The molecule has 1 N–H and O–H groups in total. The summed E-state index contributed by atoms with van der Waals surface area (Å²) >= 11 is 6.30. The summed E-state index contributed by atoms with van der Waals surface area (Å²) in [7, 11) is 0. The summed E-state index contributed by atoms with van der Waals surface area (Å²) in [4.78, 5) is 18.4. The van der Waals surface area contributed by atoms with Gasteiger partial charge in [0, 0.05) is 23.3 Å². The van der Waals surface area contributed by atoms with Crippen molar-refractivity contribution < 1.29 is 14.6 Å². The summed E-state index contributed by atoms with van der Waals surface area (Å²) in [5, 5.41) is 10.1. The molecule has 1 aromatic carbocycles. The van der Waals surface area contributed by atoms with Gasteiger partial charge in [-0.2, -0.15) is 0 Å². The smallest absolute Gasteiger partial charge is 0.307 e. The van der Waals surface area contributed by atoms with Crippen LogP contribution in [0.15, 0.2) is 36.5 Å². The zero-order chi connectivity index (χ0) is 19.4. The lowest BCUT2D eigenvalue weighted by molar-refractivity contribution is -0.143. The number of piperidine rings is 1. The Labute approximate surface area is 164 Å². The van der Waals surface area contributed by atoms with E-state index in [1.165, 1.54) is 0 Å². The Hall–Kier alpha value is -2.11. The maximum atomic E-state index is 11.6. The molecule has 6 heteroatoms. The third-order valence-electron chi connectivity index (χ3n) is 4.95. The molecule has 2 unspecified atom stereocenters. The van der Waals surface area contributed by atoms with Crippen LogP contribution in [0.3, 0.4) is 0 Å². The second-order valence-electron chi connectivity index (χ2n) is 6.95. The number of carboxylic acid groups (broad SMARTS) is 1. The molecule has 27 heavy (non-hydrogen) atoms. The predicted molar refractivity (Wildman–Crippen MR) is 105 cm³/mol. The molecule has 2 heterocycles. The average Bonchev–Trinajstić information content (AvgIpc) is 2.66. The fraction of sp³-hybridized carbons (Fsp3) is 0.429. The highest BCUT2D eigenvalue weighted by molar-refractivity contribution is 6.30. The van der Waals surface area contributed by atoms with Crippen LogP contribution in [-0.2, 0) is 4.79 Å². The minimum Gasteiger partial charge on any atom is -0.494 e. The molecular formula is C21H25ClN2O3. The molecule has 0 bridgehead atoms. The number of carbonyl (C=O) groups is 1. The lowest BCUT2D eigenvalue weighted by atomic mass is 9.93. The van der Waals surface area contributed by atoms with Crippen LogP contribution >= 0.6 is 11.6 Å². The minimum absolute atomic E-state index is 0.201. The minimum atomic E-state index is -0.744. The molecule has 2 atom stereocenters.